The third kappa shape index (κ3) is 5.45. The minimum absolute atomic E-state index is 0.739. The first-order chi connectivity index (χ1) is 8.95. The van der Waals surface area contributed by atoms with E-state index in [1.54, 1.807) is 0 Å². The van der Waals surface area contributed by atoms with Crippen LogP contribution < -0.4 is 0 Å². The van der Waals surface area contributed by atoms with Gasteiger partial charge in [-0.1, -0.05) is 47.0 Å². The Hall–Kier alpha value is -0.0400. The van der Waals surface area contributed by atoms with Crippen LogP contribution in [0, 0.1) is 17.8 Å². The van der Waals surface area contributed by atoms with Gasteiger partial charge in [0.1, 0.15) is 0 Å². The smallest absolute Gasteiger partial charge is 0.00720 e. The molecule has 0 aromatic heterocycles. The summed E-state index contributed by atoms with van der Waals surface area (Å²) in [4.78, 5) is 2.71. The van der Waals surface area contributed by atoms with Gasteiger partial charge in [0, 0.05) is 12.1 Å². The molecule has 0 heterocycles. The summed E-state index contributed by atoms with van der Waals surface area (Å²) in [6.07, 6.45) is 8.60. The Morgan fingerprint density at radius 3 is 2.16 bits per heavy atom. The fourth-order valence-corrected chi connectivity index (χ4v) is 3.88. The predicted molar refractivity (Wildman–Crippen MR) is 86.5 cm³/mol. The molecular formula is C18H37N. The van der Waals surface area contributed by atoms with Gasteiger partial charge in [-0.2, -0.15) is 0 Å². The van der Waals surface area contributed by atoms with Gasteiger partial charge in [0.15, 0.2) is 0 Å². The van der Waals surface area contributed by atoms with E-state index in [-0.39, 0.29) is 0 Å². The van der Waals surface area contributed by atoms with Crippen molar-refractivity contribution >= 4 is 0 Å². The molecule has 0 aliphatic heterocycles. The monoisotopic (exact) mass is 267 g/mol. The Morgan fingerprint density at radius 2 is 1.74 bits per heavy atom. The molecule has 4 atom stereocenters. The SMILES string of the molecule is CCN(C(C)CCCC1CCC1C)C(C)CC(C)C. The molecule has 1 nitrogen and oxygen atoms in total. The number of hydrogen-bond donors (Lipinski definition) is 0. The summed E-state index contributed by atoms with van der Waals surface area (Å²) in [6, 6.07) is 1.50. The summed E-state index contributed by atoms with van der Waals surface area (Å²) in [6.45, 7) is 15.5. The zero-order chi connectivity index (χ0) is 14.4. The van der Waals surface area contributed by atoms with E-state index in [2.05, 4.69) is 46.4 Å². The maximum absolute atomic E-state index is 2.71. The van der Waals surface area contributed by atoms with Crippen LogP contribution in [0.3, 0.4) is 0 Å². The predicted octanol–water partition coefficient (Wildman–Crippen LogP) is 5.35. The van der Waals surface area contributed by atoms with E-state index >= 15 is 0 Å². The number of hydrogen-bond acceptors (Lipinski definition) is 1. The highest BCUT2D eigenvalue weighted by Gasteiger charge is 2.26. The number of rotatable bonds is 9. The summed E-state index contributed by atoms with van der Waals surface area (Å²) in [7, 11) is 0. The Morgan fingerprint density at radius 1 is 1.05 bits per heavy atom. The highest BCUT2D eigenvalue weighted by Crippen LogP contribution is 2.37. The average Bonchev–Trinajstić information content (AvgIpc) is 2.32. The van der Waals surface area contributed by atoms with Gasteiger partial charge in [-0.3, -0.25) is 4.90 Å². The van der Waals surface area contributed by atoms with Gasteiger partial charge in [-0.25, -0.2) is 0 Å². The molecule has 0 aromatic rings. The first-order valence-electron chi connectivity index (χ1n) is 8.71. The van der Waals surface area contributed by atoms with Crippen molar-refractivity contribution in [3.8, 4) is 0 Å². The van der Waals surface area contributed by atoms with E-state index < -0.39 is 0 Å². The van der Waals surface area contributed by atoms with E-state index in [9.17, 15) is 0 Å². The lowest BCUT2D eigenvalue weighted by Gasteiger charge is -2.36. The third-order valence-corrected chi connectivity index (χ3v) is 5.30. The Kier molecular flexibility index (Phi) is 7.42. The molecule has 1 fully saturated rings. The van der Waals surface area contributed by atoms with Gasteiger partial charge < -0.3 is 0 Å². The summed E-state index contributed by atoms with van der Waals surface area (Å²) < 4.78 is 0. The van der Waals surface area contributed by atoms with Crippen LogP contribution in [0.2, 0.25) is 0 Å². The van der Waals surface area contributed by atoms with Crippen LogP contribution in [0.4, 0.5) is 0 Å². The van der Waals surface area contributed by atoms with Crippen LogP contribution in [0.1, 0.15) is 80.1 Å². The highest BCUT2D eigenvalue weighted by molar-refractivity contribution is 4.79. The van der Waals surface area contributed by atoms with Crippen LogP contribution >= 0.6 is 0 Å². The summed E-state index contributed by atoms with van der Waals surface area (Å²) in [5.74, 6) is 2.87. The van der Waals surface area contributed by atoms with Gasteiger partial charge >= 0.3 is 0 Å². The van der Waals surface area contributed by atoms with Crippen LogP contribution in [0.25, 0.3) is 0 Å². The quantitative estimate of drug-likeness (QED) is 0.544. The Labute approximate surface area is 122 Å². The van der Waals surface area contributed by atoms with Gasteiger partial charge in [0.2, 0.25) is 0 Å². The first-order valence-corrected chi connectivity index (χ1v) is 8.71. The van der Waals surface area contributed by atoms with Crippen molar-refractivity contribution in [3.63, 3.8) is 0 Å². The highest BCUT2D eigenvalue weighted by atomic mass is 15.2. The molecule has 0 radical (unpaired) electrons. The van der Waals surface area contributed by atoms with Crippen molar-refractivity contribution in [1.82, 2.24) is 4.90 Å². The maximum Gasteiger partial charge on any atom is 0.00720 e. The molecule has 1 rings (SSSR count). The molecule has 1 aliphatic carbocycles. The first kappa shape index (κ1) is 17.0. The van der Waals surface area contributed by atoms with Gasteiger partial charge in [-0.05, 0) is 57.4 Å². The van der Waals surface area contributed by atoms with Gasteiger partial charge in [0.25, 0.3) is 0 Å². The summed E-state index contributed by atoms with van der Waals surface area (Å²) in [5.41, 5.74) is 0. The molecule has 0 amide bonds. The second-order valence-corrected chi connectivity index (χ2v) is 7.40. The zero-order valence-electron chi connectivity index (χ0n) is 14.3. The van der Waals surface area contributed by atoms with Crippen molar-refractivity contribution in [2.24, 2.45) is 17.8 Å². The molecule has 0 bridgehead atoms. The molecule has 0 saturated heterocycles. The second kappa shape index (κ2) is 8.29. The summed E-state index contributed by atoms with van der Waals surface area (Å²) >= 11 is 0. The van der Waals surface area contributed by atoms with E-state index in [0.717, 1.165) is 29.8 Å². The van der Waals surface area contributed by atoms with E-state index in [1.165, 1.54) is 45.1 Å². The molecule has 0 N–H and O–H groups in total. The number of nitrogens with zero attached hydrogens (tertiary/aromatic N) is 1. The van der Waals surface area contributed by atoms with Gasteiger partial charge in [0.05, 0.1) is 0 Å². The molecule has 0 spiro atoms. The van der Waals surface area contributed by atoms with Crippen LogP contribution in [-0.2, 0) is 0 Å². The normalized spacial score (nSPS) is 26.5. The second-order valence-electron chi connectivity index (χ2n) is 7.40. The Balaban J connectivity index is 2.26. The maximum atomic E-state index is 2.71. The minimum atomic E-state index is 0.739. The molecule has 1 heteroatoms. The van der Waals surface area contributed by atoms with Crippen molar-refractivity contribution < 1.29 is 0 Å². The standard InChI is InChI=1S/C18H37N/c1-7-19(17(6)13-14(2)3)16(5)9-8-10-18-12-11-15(18)4/h14-18H,7-13H2,1-6H3. The Bertz CT molecular complexity index is 236. The summed E-state index contributed by atoms with van der Waals surface area (Å²) in [5, 5.41) is 0. The van der Waals surface area contributed by atoms with Crippen molar-refractivity contribution in [3.05, 3.63) is 0 Å². The van der Waals surface area contributed by atoms with Gasteiger partial charge in [-0.15, -0.1) is 0 Å². The topological polar surface area (TPSA) is 3.24 Å². The fourth-order valence-electron chi connectivity index (χ4n) is 3.88. The molecule has 19 heavy (non-hydrogen) atoms. The zero-order valence-corrected chi connectivity index (χ0v) is 14.3. The largest absolute Gasteiger partial charge is 0.298 e. The molecule has 1 aliphatic rings. The van der Waals surface area contributed by atoms with Crippen LogP contribution in [0.5, 0.6) is 0 Å². The van der Waals surface area contributed by atoms with E-state index in [4.69, 9.17) is 0 Å². The van der Waals surface area contributed by atoms with Crippen molar-refractivity contribution in [2.45, 2.75) is 92.2 Å². The van der Waals surface area contributed by atoms with Crippen molar-refractivity contribution in [2.75, 3.05) is 6.54 Å². The lowest BCUT2D eigenvalue weighted by Crippen LogP contribution is -2.40. The third-order valence-electron chi connectivity index (χ3n) is 5.30. The average molecular weight is 268 g/mol. The van der Waals surface area contributed by atoms with E-state index in [1.807, 2.05) is 0 Å². The van der Waals surface area contributed by atoms with Crippen LogP contribution in [0.15, 0.2) is 0 Å². The molecule has 0 aromatic carbocycles. The fraction of sp³-hybridized carbons (Fsp3) is 1.00. The minimum Gasteiger partial charge on any atom is -0.298 e. The van der Waals surface area contributed by atoms with E-state index in [0.29, 0.717) is 0 Å². The molecule has 1 saturated carbocycles. The van der Waals surface area contributed by atoms with Crippen LogP contribution in [-0.4, -0.2) is 23.5 Å². The lowest BCUT2D eigenvalue weighted by molar-refractivity contribution is 0.127. The van der Waals surface area contributed by atoms with Crippen molar-refractivity contribution in [1.29, 1.82) is 0 Å². The molecular weight excluding hydrogens is 230 g/mol. The lowest BCUT2D eigenvalue weighted by atomic mass is 9.72. The molecule has 114 valence electrons. The molecule has 4 unspecified atom stereocenters.